The maximum atomic E-state index is 11.4. The highest BCUT2D eigenvalue weighted by Crippen LogP contribution is 2.10. The molecule has 0 radical (unpaired) electrons. The van der Waals surface area contributed by atoms with Gasteiger partial charge in [-0.1, -0.05) is 0 Å². The number of nitrogens with two attached hydrogens (primary N) is 1. The second kappa shape index (κ2) is 4.38. The van der Waals surface area contributed by atoms with E-state index in [4.69, 9.17) is 10.5 Å². The van der Waals surface area contributed by atoms with Crippen LogP contribution in [0.1, 0.15) is 39.6 Å². The summed E-state index contributed by atoms with van der Waals surface area (Å²) in [5, 5.41) is 8.90. The summed E-state index contributed by atoms with van der Waals surface area (Å²) in [4.78, 5) is 15.3. The van der Waals surface area contributed by atoms with Crippen LogP contribution in [0.3, 0.4) is 0 Å². The molecule has 0 fully saturated rings. The van der Waals surface area contributed by atoms with E-state index >= 15 is 0 Å². The van der Waals surface area contributed by atoms with Gasteiger partial charge in [0.25, 0.3) is 0 Å². The minimum atomic E-state index is -0.524. The Hall–Kier alpha value is -1.79. The summed E-state index contributed by atoms with van der Waals surface area (Å²) < 4.78 is 5.09. The van der Waals surface area contributed by atoms with Crippen LogP contribution in [0.25, 0.3) is 0 Å². The number of rotatable bonds is 2. The summed E-state index contributed by atoms with van der Waals surface area (Å²) in [5.74, 6) is 0.635. The normalized spacial score (nSPS) is 13.2. The highest BCUT2D eigenvalue weighted by molar-refractivity contribution is 5.68. The maximum Gasteiger partial charge on any atom is 0.408 e. The molecule has 4 N–H and O–H groups in total. The van der Waals surface area contributed by atoms with Crippen LogP contribution >= 0.6 is 0 Å². The topological polar surface area (TPSA) is 106 Å². The lowest BCUT2D eigenvalue weighted by atomic mass is 10.2. The summed E-state index contributed by atoms with van der Waals surface area (Å²) in [6.07, 6.45) is -0.505. The molecule has 0 bridgehead atoms. The van der Waals surface area contributed by atoms with Crippen molar-refractivity contribution in [1.82, 2.24) is 20.5 Å². The van der Waals surface area contributed by atoms with Crippen LogP contribution in [0.4, 0.5) is 10.7 Å². The number of ether oxygens (including phenoxy) is 1. The van der Waals surface area contributed by atoms with Gasteiger partial charge in [0.1, 0.15) is 11.4 Å². The molecule has 16 heavy (non-hydrogen) atoms. The minimum Gasteiger partial charge on any atom is -0.444 e. The fourth-order valence-electron chi connectivity index (χ4n) is 1.03. The second-order valence-corrected chi connectivity index (χ2v) is 4.45. The summed E-state index contributed by atoms with van der Waals surface area (Å²) in [6.45, 7) is 7.14. The van der Waals surface area contributed by atoms with Crippen LogP contribution in [-0.2, 0) is 4.74 Å². The van der Waals surface area contributed by atoms with Crippen LogP contribution in [-0.4, -0.2) is 26.9 Å². The third-order valence-corrected chi connectivity index (χ3v) is 1.66. The highest BCUT2D eigenvalue weighted by Gasteiger charge is 2.19. The molecule has 0 spiro atoms. The average molecular weight is 227 g/mol. The molecule has 0 aliphatic rings. The first-order chi connectivity index (χ1) is 7.28. The lowest BCUT2D eigenvalue weighted by molar-refractivity contribution is 0.0506. The number of nitrogens with one attached hydrogen (secondary N) is 2. The van der Waals surface area contributed by atoms with Gasteiger partial charge < -0.3 is 15.8 Å². The van der Waals surface area contributed by atoms with E-state index in [1.54, 1.807) is 27.7 Å². The molecule has 0 aliphatic carbocycles. The molecule has 0 saturated heterocycles. The quantitative estimate of drug-likeness (QED) is 0.698. The number of hydrogen-bond donors (Lipinski definition) is 3. The molecule has 1 heterocycles. The van der Waals surface area contributed by atoms with Crippen molar-refractivity contribution < 1.29 is 9.53 Å². The summed E-state index contributed by atoms with van der Waals surface area (Å²) in [5.41, 5.74) is 4.83. The fourth-order valence-corrected chi connectivity index (χ4v) is 1.03. The van der Waals surface area contributed by atoms with E-state index in [0.717, 1.165) is 0 Å². The van der Waals surface area contributed by atoms with Gasteiger partial charge in [-0.2, -0.15) is 4.98 Å². The van der Waals surface area contributed by atoms with Gasteiger partial charge in [-0.05, 0) is 27.7 Å². The molecule has 1 unspecified atom stereocenters. The molecular formula is C9H17N5O2. The van der Waals surface area contributed by atoms with Crippen molar-refractivity contribution in [2.75, 3.05) is 5.73 Å². The number of H-pyrrole nitrogens is 1. The van der Waals surface area contributed by atoms with E-state index in [-0.39, 0.29) is 12.0 Å². The fraction of sp³-hybridized carbons (Fsp3) is 0.667. The molecule has 90 valence electrons. The first-order valence-electron chi connectivity index (χ1n) is 4.95. The van der Waals surface area contributed by atoms with E-state index in [2.05, 4.69) is 20.5 Å². The average Bonchev–Trinajstić information content (AvgIpc) is 2.47. The largest absolute Gasteiger partial charge is 0.444 e. The van der Waals surface area contributed by atoms with Crippen molar-refractivity contribution in [2.45, 2.75) is 39.3 Å². The molecule has 7 nitrogen and oxygen atoms in total. The van der Waals surface area contributed by atoms with Crippen LogP contribution in [0.2, 0.25) is 0 Å². The Balaban J connectivity index is 2.52. The lowest BCUT2D eigenvalue weighted by Gasteiger charge is -2.21. The zero-order valence-corrected chi connectivity index (χ0v) is 9.87. The van der Waals surface area contributed by atoms with Crippen LogP contribution in [0, 0.1) is 0 Å². The van der Waals surface area contributed by atoms with Gasteiger partial charge in [0.05, 0.1) is 6.04 Å². The van der Waals surface area contributed by atoms with Crippen LogP contribution in [0.5, 0.6) is 0 Å². The smallest absolute Gasteiger partial charge is 0.408 e. The van der Waals surface area contributed by atoms with Gasteiger partial charge in [-0.15, -0.1) is 5.10 Å². The molecule has 1 aromatic heterocycles. The number of aromatic nitrogens is 3. The summed E-state index contributed by atoms with van der Waals surface area (Å²) in [6, 6.07) is -0.334. The zero-order valence-electron chi connectivity index (χ0n) is 9.87. The molecule has 0 aliphatic heterocycles. The number of amides is 1. The molecule has 1 amide bonds. The standard InChI is InChI=1S/C9H17N5O2/c1-5(6-12-7(10)14-13-6)11-8(15)16-9(2,3)4/h5H,1-4H3,(H,11,15)(H3,10,12,13,14). The first kappa shape index (κ1) is 12.3. The molecule has 1 atom stereocenters. The Morgan fingerprint density at radius 1 is 1.56 bits per heavy atom. The third-order valence-electron chi connectivity index (χ3n) is 1.66. The molecule has 0 saturated carbocycles. The number of anilines is 1. The van der Waals surface area contributed by atoms with E-state index in [1.165, 1.54) is 0 Å². The predicted molar refractivity (Wildman–Crippen MR) is 58.6 cm³/mol. The minimum absolute atomic E-state index is 0.146. The van der Waals surface area contributed by atoms with Gasteiger partial charge >= 0.3 is 6.09 Å². The molecule has 1 aromatic rings. The SMILES string of the molecule is CC(NC(=O)OC(C)(C)C)c1nc(N)n[nH]1. The van der Waals surface area contributed by atoms with Crippen molar-refractivity contribution in [1.29, 1.82) is 0 Å². The Labute approximate surface area is 93.8 Å². The number of nitrogens with zero attached hydrogens (tertiary/aromatic N) is 2. The van der Waals surface area contributed by atoms with Crippen LogP contribution in [0.15, 0.2) is 0 Å². The Morgan fingerprint density at radius 3 is 2.62 bits per heavy atom. The summed E-state index contributed by atoms with van der Waals surface area (Å²) >= 11 is 0. The number of aromatic amines is 1. The monoisotopic (exact) mass is 227 g/mol. The number of hydrogen-bond acceptors (Lipinski definition) is 5. The number of nitrogen functional groups attached to an aromatic ring is 1. The first-order valence-corrected chi connectivity index (χ1v) is 4.95. The molecule has 0 aromatic carbocycles. The van der Waals surface area contributed by atoms with E-state index < -0.39 is 11.7 Å². The third kappa shape index (κ3) is 3.76. The van der Waals surface area contributed by atoms with Gasteiger partial charge in [-0.3, -0.25) is 5.10 Å². The van der Waals surface area contributed by atoms with Crippen molar-refractivity contribution in [3.05, 3.63) is 5.82 Å². The highest BCUT2D eigenvalue weighted by atomic mass is 16.6. The lowest BCUT2D eigenvalue weighted by Crippen LogP contribution is -2.34. The van der Waals surface area contributed by atoms with E-state index in [1.807, 2.05) is 0 Å². The number of alkyl carbamates (subject to hydrolysis) is 1. The second-order valence-electron chi connectivity index (χ2n) is 4.45. The van der Waals surface area contributed by atoms with Gasteiger partial charge in [0.2, 0.25) is 5.95 Å². The van der Waals surface area contributed by atoms with Crippen molar-refractivity contribution in [2.24, 2.45) is 0 Å². The molecule has 1 rings (SSSR count). The van der Waals surface area contributed by atoms with Crippen molar-refractivity contribution >= 4 is 12.0 Å². The Bertz CT molecular complexity index is 368. The number of carbonyl (C=O) groups excluding carboxylic acids is 1. The zero-order chi connectivity index (χ0) is 12.3. The van der Waals surface area contributed by atoms with Crippen molar-refractivity contribution in [3.63, 3.8) is 0 Å². The van der Waals surface area contributed by atoms with E-state index in [9.17, 15) is 4.79 Å². The molecular weight excluding hydrogens is 210 g/mol. The van der Waals surface area contributed by atoms with Crippen molar-refractivity contribution in [3.8, 4) is 0 Å². The Kier molecular flexibility index (Phi) is 3.36. The summed E-state index contributed by atoms with van der Waals surface area (Å²) in [7, 11) is 0. The van der Waals surface area contributed by atoms with Gasteiger partial charge in [0, 0.05) is 0 Å². The van der Waals surface area contributed by atoms with E-state index in [0.29, 0.717) is 5.82 Å². The van der Waals surface area contributed by atoms with Gasteiger partial charge in [0.15, 0.2) is 0 Å². The van der Waals surface area contributed by atoms with Crippen LogP contribution < -0.4 is 11.1 Å². The Morgan fingerprint density at radius 2 is 2.19 bits per heavy atom. The molecule has 7 heteroatoms. The maximum absolute atomic E-state index is 11.4. The van der Waals surface area contributed by atoms with Gasteiger partial charge in [-0.25, -0.2) is 4.79 Å². The predicted octanol–water partition coefficient (Wildman–Crippen LogP) is 0.973. The number of carbonyl (C=O) groups is 1.